The van der Waals surface area contributed by atoms with Gasteiger partial charge in [-0.2, -0.15) is 0 Å². The maximum Gasteiger partial charge on any atom is 0.513 e. The number of benzene rings is 3. The molecule has 15 heteroatoms. The van der Waals surface area contributed by atoms with E-state index in [4.69, 9.17) is 33.2 Å². The van der Waals surface area contributed by atoms with Gasteiger partial charge in [-0.05, 0) is 105 Å². The molecule has 0 fully saturated rings. The van der Waals surface area contributed by atoms with Gasteiger partial charge < -0.3 is 37.9 Å². The fraction of sp³-hybridized carbons (Fsp3) is 0.250. The fourth-order valence-corrected chi connectivity index (χ4v) is 3.85. The van der Waals surface area contributed by atoms with Gasteiger partial charge in [-0.15, -0.1) is 0 Å². The Morgan fingerprint density at radius 1 is 0.549 bits per heavy atom. The molecule has 0 saturated carbocycles. The third kappa shape index (κ3) is 14.2. The van der Waals surface area contributed by atoms with Crippen LogP contribution in [0.1, 0.15) is 52.0 Å². The lowest BCUT2D eigenvalue weighted by molar-refractivity contribution is -0.148. The van der Waals surface area contributed by atoms with E-state index in [0.717, 1.165) is 6.08 Å². The van der Waals surface area contributed by atoms with Crippen LogP contribution in [0.3, 0.4) is 0 Å². The highest BCUT2D eigenvalue weighted by Gasteiger charge is 2.15. The fourth-order valence-electron chi connectivity index (χ4n) is 3.85. The number of hydrogen-bond donors (Lipinski definition) is 0. The van der Waals surface area contributed by atoms with Crippen molar-refractivity contribution in [3.05, 3.63) is 96.1 Å². The van der Waals surface area contributed by atoms with Gasteiger partial charge in [-0.1, -0.05) is 6.58 Å². The zero-order valence-corrected chi connectivity index (χ0v) is 27.5. The minimum Gasteiger partial charge on any atom is -0.463 e. The highest BCUT2D eigenvalue weighted by atomic mass is 16.7. The first-order valence-corrected chi connectivity index (χ1v) is 15.4. The summed E-state index contributed by atoms with van der Waals surface area (Å²) in [5.74, 6) is -2.20. The lowest BCUT2D eigenvalue weighted by Crippen LogP contribution is -2.13. The van der Waals surface area contributed by atoms with Crippen LogP contribution in [0.5, 0.6) is 23.0 Å². The summed E-state index contributed by atoms with van der Waals surface area (Å²) < 4.78 is 40.3. The van der Waals surface area contributed by atoms with Crippen LogP contribution in [0.2, 0.25) is 0 Å². The Bertz CT molecular complexity index is 1690. The molecule has 0 aliphatic carbocycles. The highest BCUT2D eigenvalue weighted by Crippen LogP contribution is 2.26. The highest BCUT2D eigenvalue weighted by molar-refractivity contribution is 6.20. The van der Waals surface area contributed by atoms with E-state index in [1.54, 1.807) is 6.92 Å². The van der Waals surface area contributed by atoms with Crippen molar-refractivity contribution in [2.75, 3.05) is 26.4 Å². The van der Waals surface area contributed by atoms with E-state index in [0.29, 0.717) is 31.2 Å². The van der Waals surface area contributed by atoms with Gasteiger partial charge in [0, 0.05) is 6.08 Å². The van der Waals surface area contributed by atoms with Crippen molar-refractivity contribution in [3.8, 4) is 23.0 Å². The van der Waals surface area contributed by atoms with Gasteiger partial charge in [0.1, 0.15) is 23.0 Å². The Labute approximate surface area is 291 Å². The molecule has 3 rings (SSSR count). The molecule has 268 valence electrons. The molecule has 0 bridgehead atoms. The van der Waals surface area contributed by atoms with Crippen molar-refractivity contribution in [1.29, 1.82) is 0 Å². The number of aldehydes is 1. The molecule has 0 amide bonds. The molecule has 0 spiro atoms. The van der Waals surface area contributed by atoms with Crippen LogP contribution < -0.4 is 18.9 Å². The van der Waals surface area contributed by atoms with Crippen LogP contribution in [0.4, 0.5) is 9.59 Å². The molecular weight excluding hydrogens is 672 g/mol. The first-order valence-electron chi connectivity index (χ1n) is 15.4. The molecule has 0 saturated heterocycles. The van der Waals surface area contributed by atoms with E-state index in [1.807, 2.05) is 0 Å². The van der Waals surface area contributed by atoms with Gasteiger partial charge in [0.15, 0.2) is 0 Å². The summed E-state index contributed by atoms with van der Waals surface area (Å²) in [6.45, 7) is 5.21. The standard InChI is InChI=1S/C36H34O15/c1-3-31(38)44-18-4-6-20-46-35(42)49-27-12-8-25(9-13-27)33(40)48-29-16-17-30(24(2)22-29)51-34(41)26-10-14-28(15-11-26)50-36(43)47-21-7-5-19-45-32(39)23-37/h3,8-17,22-23H,1,4-7,18-21H2,2H3. The van der Waals surface area contributed by atoms with Crippen LogP contribution in [0, 0.1) is 6.92 Å². The summed E-state index contributed by atoms with van der Waals surface area (Å²) in [5, 5.41) is 0. The van der Waals surface area contributed by atoms with Crippen LogP contribution in [-0.2, 0) is 33.3 Å². The molecule has 3 aromatic carbocycles. The average Bonchev–Trinajstić information content (AvgIpc) is 3.12. The minimum absolute atomic E-state index is 0.00401. The smallest absolute Gasteiger partial charge is 0.463 e. The lowest BCUT2D eigenvalue weighted by atomic mass is 10.2. The van der Waals surface area contributed by atoms with Gasteiger partial charge in [0.2, 0.25) is 6.29 Å². The van der Waals surface area contributed by atoms with Gasteiger partial charge >= 0.3 is 36.2 Å². The molecule has 0 atom stereocenters. The van der Waals surface area contributed by atoms with Gasteiger partial charge in [-0.3, -0.25) is 4.79 Å². The number of hydrogen-bond acceptors (Lipinski definition) is 15. The summed E-state index contributed by atoms with van der Waals surface area (Å²) in [6.07, 6.45) is 0.927. The molecular formula is C36H34O15. The number of carbonyl (C=O) groups excluding carboxylic acids is 7. The van der Waals surface area contributed by atoms with Crippen molar-refractivity contribution >= 4 is 42.5 Å². The van der Waals surface area contributed by atoms with E-state index >= 15 is 0 Å². The summed E-state index contributed by atoms with van der Waals surface area (Å²) >= 11 is 0. The number of carbonyl (C=O) groups is 7. The quantitative estimate of drug-likeness (QED) is 0.0235. The molecule has 0 heterocycles. The minimum atomic E-state index is -0.969. The zero-order chi connectivity index (χ0) is 37.0. The number of unbranched alkanes of at least 4 members (excludes halogenated alkanes) is 2. The third-order valence-electron chi connectivity index (χ3n) is 6.41. The van der Waals surface area contributed by atoms with Crippen molar-refractivity contribution in [2.45, 2.75) is 32.6 Å². The van der Waals surface area contributed by atoms with E-state index < -0.39 is 36.2 Å². The second-order valence-electron chi connectivity index (χ2n) is 10.2. The molecule has 51 heavy (non-hydrogen) atoms. The van der Waals surface area contributed by atoms with E-state index in [2.05, 4.69) is 11.3 Å². The van der Waals surface area contributed by atoms with Gasteiger partial charge in [0.25, 0.3) is 0 Å². The Morgan fingerprint density at radius 3 is 1.43 bits per heavy atom. The third-order valence-corrected chi connectivity index (χ3v) is 6.41. The van der Waals surface area contributed by atoms with Gasteiger partial charge in [0.05, 0.1) is 37.6 Å². The number of rotatable bonds is 18. The molecule has 15 nitrogen and oxygen atoms in total. The maximum absolute atomic E-state index is 12.7. The Morgan fingerprint density at radius 2 is 0.980 bits per heavy atom. The molecule has 0 aliphatic rings. The van der Waals surface area contributed by atoms with Crippen molar-refractivity contribution in [1.82, 2.24) is 0 Å². The molecule has 0 N–H and O–H groups in total. The lowest BCUT2D eigenvalue weighted by Gasteiger charge is -2.11. The predicted molar refractivity (Wildman–Crippen MR) is 175 cm³/mol. The SMILES string of the molecule is C=CC(=O)OCCCCOC(=O)Oc1ccc(C(=O)Oc2ccc(OC(=O)c3ccc(OC(=O)OCCCCOC(=O)C=O)cc3)c(C)c2)cc1. The Kier molecular flexibility index (Phi) is 15.9. The van der Waals surface area contributed by atoms with Crippen molar-refractivity contribution < 1.29 is 71.5 Å². The topological polar surface area (TPSA) is 193 Å². The summed E-state index contributed by atoms with van der Waals surface area (Å²) in [7, 11) is 0. The zero-order valence-electron chi connectivity index (χ0n) is 27.5. The maximum atomic E-state index is 12.7. The summed E-state index contributed by atoms with van der Waals surface area (Å²) in [5.41, 5.74) is 0.841. The predicted octanol–water partition coefficient (Wildman–Crippen LogP) is 5.50. The number of ether oxygens (including phenoxy) is 8. The molecule has 0 unspecified atom stereocenters. The molecule has 3 aromatic rings. The summed E-state index contributed by atoms with van der Waals surface area (Å²) in [4.78, 5) is 81.0. The van der Waals surface area contributed by atoms with Crippen LogP contribution >= 0.6 is 0 Å². The van der Waals surface area contributed by atoms with E-state index in [9.17, 15) is 33.6 Å². The van der Waals surface area contributed by atoms with Crippen LogP contribution in [0.15, 0.2) is 79.4 Å². The van der Waals surface area contributed by atoms with Crippen LogP contribution in [-0.4, -0.2) is 68.9 Å². The van der Waals surface area contributed by atoms with Crippen molar-refractivity contribution in [3.63, 3.8) is 0 Å². The number of aryl methyl sites for hydroxylation is 1. The Hall–Kier alpha value is -6.51. The van der Waals surface area contributed by atoms with Crippen molar-refractivity contribution in [2.24, 2.45) is 0 Å². The second-order valence-corrected chi connectivity index (χ2v) is 10.2. The average molecular weight is 707 g/mol. The molecule has 0 aliphatic heterocycles. The first kappa shape index (κ1) is 38.9. The number of esters is 4. The normalized spacial score (nSPS) is 10.1. The second kappa shape index (κ2) is 20.8. The molecule has 0 radical (unpaired) electrons. The Balaban J connectivity index is 1.40. The van der Waals surface area contributed by atoms with Crippen LogP contribution in [0.25, 0.3) is 0 Å². The largest absolute Gasteiger partial charge is 0.513 e. The summed E-state index contributed by atoms with van der Waals surface area (Å²) in [6, 6.07) is 15.6. The molecule has 0 aromatic heterocycles. The van der Waals surface area contributed by atoms with Gasteiger partial charge in [-0.25, -0.2) is 28.8 Å². The van der Waals surface area contributed by atoms with E-state index in [1.165, 1.54) is 66.7 Å². The van der Waals surface area contributed by atoms with E-state index in [-0.39, 0.29) is 66.8 Å². The first-order chi connectivity index (χ1) is 24.6. The monoisotopic (exact) mass is 706 g/mol.